The molecule has 1 atom stereocenters. The Labute approximate surface area is 96.6 Å². The second-order valence-corrected chi connectivity index (χ2v) is 4.99. The van der Waals surface area contributed by atoms with Crippen LogP contribution >= 0.6 is 0 Å². The molecule has 1 aromatic rings. The van der Waals surface area contributed by atoms with Crippen molar-refractivity contribution >= 4 is 0 Å². The van der Waals surface area contributed by atoms with Gasteiger partial charge >= 0.3 is 0 Å². The maximum Gasteiger partial charge on any atom is 0.115 e. The molecule has 0 spiro atoms. The molecule has 1 aromatic heterocycles. The van der Waals surface area contributed by atoms with Gasteiger partial charge in [0.15, 0.2) is 0 Å². The van der Waals surface area contributed by atoms with Crippen molar-refractivity contribution in [1.82, 2.24) is 15.4 Å². The zero-order valence-corrected chi connectivity index (χ0v) is 9.82. The van der Waals surface area contributed by atoms with Gasteiger partial charge in [0.25, 0.3) is 0 Å². The molecule has 4 nitrogen and oxygen atoms in total. The number of hydrogen-bond acceptors (Lipinski definition) is 4. The zero-order chi connectivity index (χ0) is 11.4. The van der Waals surface area contributed by atoms with Gasteiger partial charge in [0.05, 0.1) is 6.04 Å². The molecule has 88 valence electrons. The van der Waals surface area contributed by atoms with Crippen molar-refractivity contribution in [2.75, 3.05) is 0 Å². The van der Waals surface area contributed by atoms with Crippen LogP contribution in [-0.4, -0.2) is 9.97 Å². The van der Waals surface area contributed by atoms with Gasteiger partial charge in [-0.15, -0.1) is 0 Å². The predicted molar refractivity (Wildman–Crippen MR) is 63.3 cm³/mol. The molecule has 0 aliphatic heterocycles. The van der Waals surface area contributed by atoms with E-state index in [0.717, 1.165) is 5.56 Å². The average molecular weight is 220 g/mol. The summed E-state index contributed by atoms with van der Waals surface area (Å²) in [5.41, 5.74) is 4.27. The van der Waals surface area contributed by atoms with E-state index in [9.17, 15) is 0 Å². The van der Waals surface area contributed by atoms with Crippen molar-refractivity contribution in [2.45, 2.75) is 45.1 Å². The molecule has 1 aliphatic carbocycles. The topological polar surface area (TPSA) is 63.8 Å². The number of aromatic nitrogens is 2. The van der Waals surface area contributed by atoms with Crippen LogP contribution in [0, 0.1) is 5.41 Å². The van der Waals surface area contributed by atoms with E-state index in [4.69, 9.17) is 5.84 Å². The fraction of sp³-hybridized carbons (Fsp3) is 0.667. The molecule has 0 radical (unpaired) electrons. The molecule has 1 saturated carbocycles. The summed E-state index contributed by atoms with van der Waals surface area (Å²) < 4.78 is 0. The molecular formula is C12H20N4. The van der Waals surface area contributed by atoms with Crippen LogP contribution in [0.3, 0.4) is 0 Å². The van der Waals surface area contributed by atoms with Crippen molar-refractivity contribution in [3.8, 4) is 0 Å². The Morgan fingerprint density at radius 3 is 2.44 bits per heavy atom. The first-order valence-electron chi connectivity index (χ1n) is 5.97. The molecule has 16 heavy (non-hydrogen) atoms. The number of nitrogens with zero attached hydrogens (tertiary/aromatic N) is 2. The van der Waals surface area contributed by atoms with Gasteiger partial charge in [-0.05, 0) is 18.3 Å². The summed E-state index contributed by atoms with van der Waals surface area (Å²) in [6.45, 7) is 2.31. The van der Waals surface area contributed by atoms with E-state index in [1.54, 1.807) is 6.33 Å². The minimum Gasteiger partial charge on any atom is -0.271 e. The molecule has 0 bridgehead atoms. The summed E-state index contributed by atoms with van der Waals surface area (Å²) in [4.78, 5) is 8.15. The van der Waals surface area contributed by atoms with Crippen molar-refractivity contribution in [1.29, 1.82) is 0 Å². The molecule has 1 heterocycles. The van der Waals surface area contributed by atoms with Crippen LogP contribution in [0.15, 0.2) is 18.7 Å². The summed E-state index contributed by atoms with van der Waals surface area (Å²) in [6.07, 6.45) is 11.6. The minimum absolute atomic E-state index is 0.161. The van der Waals surface area contributed by atoms with Crippen molar-refractivity contribution in [3.05, 3.63) is 24.3 Å². The van der Waals surface area contributed by atoms with Crippen molar-refractivity contribution < 1.29 is 0 Å². The normalized spacial score (nSPS) is 21.6. The van der Waals surface area contributed by atoms with E-state index in [0.29, 0.717) is 0 Å². The zero-order valence-electron chi connectivity index (χ0n) is 9.82. The summed E-state index contributed by atoms with van der Waals surface area (Å²) >= 11 is 0. The molecule has 3 N–H and O–H groups in total. The largest absolute Gasteiger partial charge is 0.271 e. The van der Waals surface area contributed by atoms with E-state index in [2.05, 4.69) is 22.3 Å². The molecule has 2 rings (SSSR count). The van der Waals surface area contributed by atoms with Crippen LogP contribution in [0.1, 0.15) is 50.6 Å². The van der Waals surface area contributed by atoms with Crippen molar-refractivity contribution in [2.24, 2.45) is 11.3 Å². The van der Waals surface area contributed by atoms with Gasteiger partial charge in [-0.2, -0.15) is 0 Å². The van der Waals surface area contributed by atoms with E-state index >= 15 is 0 Å². The third-order valence-electron chi connectivity index (χ3n) is 3.77. The highest BCUT2D eigenvalue weighted by atomic mass is 15.2. The van der Waals surface area contributed by atoms with E-state index in [-0.39, 0.29) is 11.5 Å². The Kier molecular flexibility index (Phi) is 3.51. The standard InChI is InChI=1S/C12H20N4/c1-12(5-3-2-4-6-12)11(16-13)10-7-14-9-15-8-10/h7-9,11,16H,2-6,13H2,1H3. The highest BCUT2D eigenvalue weighted by molar-refractivity contribution is 5.13. The lowest BCUT2D eigenvalue weighted by atomic mass is 9.69. The second-order valence-electron chi connectivity index (χ2n) is 4.99. The molecule has 0 amide bonds. The van der Waals surface area contributed by atoms with E-state index in [1.165, 1.54) is 32.1 Å². The quantitative estimate of drug-likeness (QED) is 0.603. The van der Waals surface area contributed by atoms with Crippen LogP contribution in [0.2, 0.25) is 0 Å². The van der Waals surface area contributed by atoms with Crippen LogP contribution in [0.4, 0.5) is 0 Å². The number of nitrogens with two attached hydrogens (primary N) is 1. The van der Waals surface area contributed by atoms with Gasteiger partial charge in [0.2, 0.25) is 0 Å². The summed E-state index contributed by atoms with van der Waals surface area (Å²) in [7, 11) is 0. The molecule has 1 fully saturated rings. The molecular weight excluding hydrogens is 200 g/mol. The number of rotatable bonds is 3. The Morgan fingerprint density at radius 2 is 1.88 bits per heavy atom. The molecule has 0 aromatic carbocycles. The lowest BCUT2D eigenvalue weighted by Gasteiger charge is -2.40. The fourth-order valence-corrected chi connectivity index (χ4v) is 2.81. The minimum atomic E-state index is 0.161. The maximum atomic E-state index is 5.72. The van der Waals surface area contributed by atoms with Crippen LogP contribution < -0.4 is 11.3 Å². The number of hydrazine groups is 1. The van der Waals surface area contributed by atoms with E-state index < -0.39 is 0 Å². The molecule has 4 heteroatoms. The first-order chi connectivity index (χ1) is 7.76. The highest BCUT2D eigenvalue weighted by Gasteiger charge is 2.36. The van der Waals surface area contributed by atoms with Gasteiger partial charge in [-0.1, -0.05) is 26.2 Å². The predicted octanol–water partition coefficient (Wildman–Crippen LogP) is 1.95. The van der Waals surface area contributed by atoms with Crippen molar-refractivity contribution in [3.63, 3.8) is 0 Å². The van der Waals surface area contributed by atoms with Gasteiger partial charge < -0.3 is 0 Å². The fourth-order valence-electron chi connectivity index (χ4n) is 2.81. The molecule has 0 saturated heterocycles. The SMILES string of the molecule is CC1(C(NN)c2cncnc2)CCCCC1. The second kappa shape index (κ2) is 4.89. The maximum absolute atomic E-state index is 5.72. The Hall–Kier alpha value is -1.00. The third-order valence-corrected chi connectivity index (χ3v) is 3.77. The van der Waals surface area contributed by atoms with Crippen LogP contribution in [-0.2, 0) is 0 Å². The Morgan fingerprint density at radius 1 is 1.25 bits per heavy atom. The molecule has 1 aliphatic rings. The first-order valence-corrected chi connectivity index (χ1v) is 5.97. The lowest BCUT2D eigenvalue weighted by molar-refractivity contribution is 0.144. The summed E-state index contributed by atoms with van der Waals surface area (Å²) in [5, 5.41) is 0. The number of nitrogens with one attached hydrogen (secondary N) is 1. The summed E-state index contributed by atoms with van der Waals surface area (Å²) in [5.74, 6) is 5.72. The Balaban J connectivity index is 2.21. The first kappa shape index (κ1) is 11.5. The lowest BCUT2D eigenvalue weighted by Crippen LogP contribution is -2.41. The number of hydrogen-bond donors (Lipinski definition) is 2. The Bertz CT molecular complexity index is 319. The third kappa shape index (κ3) is 2.23. The average Bonchev–Trinajstić information content (AvgIpc) is 2.32. The monoisotopic (exact) mass is 220 g/mol. The van der Waals surface area contributed by atoms with Crippen LogP contribution in [0.25, 0.3) is 0 Å². The van der Waals surface area contributed by atoms with Gasteiger partial charge in [-0.25, -0.2) is 9.97 Å². The van der Waals surface area contributed by atoms with Gasteiger partial charge in [-0.3, -0.25) is 11.3 Å². The smallest absolute Gasteiger partial charge is 0.115 e. The van der Waals surface area contributed by atoms with Gasteiger partial charge in [0, 0.05) is 18.0 Å². The highest BCUT2D eigenvalue weighted by Crippen LogP contribution is 2.44. The van der Waals surface area contributed by atoms with Gasteiger partial charge in [0.1, 0.15) is 6.33 Å². The summed E-state index contributed by atoms with van der Waals surface area (Å²) in [6, 6.07) is 0.161. The molecule has 1 unspecified atom stereocenters. The van der Waals surface area contributed by atoms with Crippen LogP contribution in [0.5, 0.6) is 0 Å². The van der Waals surface area contributed by atoms with E-state index in [1.807, 2.05) is 12.4 Å².